The Bertz CT molecular complexity index is 464. The predicted octanol–water partition coefficient (Wildman–Crippen LogP) is 3.23. The second kappa shape index (κ2) is 7.60. The van der Waals surface area contributed by atoms with Gasteiger partial charge in [-0.1, -0.05) is 25.5 Å². The maximum Gasteiger partial charge on any atom is 0.253 e. The van der Waals surface area contributed by atoms with Gasteiger partial charge in [-0.15, -0.1) is 0 Å². The van der Waals surface area contributed by atoms with Crippen LogP contribution in [0.1, 0.15) is 54.9 Å². The van der Waals surface area contributed by atoms with Crippen LogP contribution < -0.4 is 5.73 Å². The first-order valence-corrected chi connectivity index (χ1v) is 8.21. The minimum atomic E-state index is 0.147. The molecule has 2 rings (SSSR count). The molecule has 1 aliphatic rings. The third-order valence-corrected chi connectivity index (χ3v) is 4.87. The average Bonchev–Trinajstić information content (AvgIpc) is 2.54. The van der Waals surface area contributed by atoms with E-state index in [4.69, 9.17) is 5.73 Å². The van der Waals surface area contributed by atoms with E-state index in [9.17, 15) is 4.79 Å². The summed E-state index contributed by atoms with van der Waals surface area (Å²) in [4.78, 5) is 14.6. The summed E-state index contributed by atoms with van der Waals surface area (Å²) in [7, 11) is 1.95. The van der Waals surface area contributed by atoms with E-state index >= 15 is 0 Å². The predicted molar refractivity (Wildman–Crippen MR) is 87.3 cm³/mol. The molecule has 1 aromatic rings. The van der Waals surface area contributed by atoms with Crippen molar-refractivity contribution in [3.8, 4) is 0 Å². The third kappa shape index (κ3) is 4.07. The molecule has 0 radical (unpaired) electrons. The molecule has 116 valence electrons. The highest BCUT2D eigenvalue weighted by Gasteiger charge is 2.26. The van der Waals surface area contributed by atoms with E-state index < -0.39 is 0 Å². The SMILES string of the molecule is CCC1CCC(N(C)C(=O)c2cccc(CCN)c2)CC1. The lowest BCUT2D eigenvalue weighted by atomic mass is 9.84. The van der Waals surface area contributed by atoms with Gasteiger partial charge in [0.05, 0.1) is 0 Å². The Balaban J connectivity index is 2.00. The molecule has 1 aromatic carbocycles. The smallest absolute Gasteiger partial charge is 0.253 e. The van der Waals surface area contributed by atoms with Gasteiger partial charge < -0.3 is 10.6 Å². The standard InChI is InChI=1S/C18H28N2O/c1-3-14-7-9-17(10-8-14)20(2)18(21)16-6-4-5-15(13-16)11-12-19/h4-6,13-14,17H,3,7-12,19H2,1-2H3. The van der Waals surface area contributed by atoms with Crippen molar-refractivity contribution in [2.45, 2.75) is 51.5 Å². The molecule has 0 saturated heterocycles. The molecule has 21 heavy (non-hydrogen) atoms. The van der Waals surface area contributed by atoms with Crippen LogP contribution in [0.15, 0.2) is 24.3 Å². The van der Waals surface area contributed by atoms with Crippen molar-refractivity contribution in [2.75, 3.05) is 13.6 Å². The normalized spacial score (nSPS) is 22.0. The fraction of sp³-hybridized carbons (Fsp3) is 0.611. The van der Waals surface area contributed by atoms with Gasteiger partial charge in [0.2, 0.25) is 0 Å². The van der Waals surface area contributed by atoms with E-state index in [1.165, 1.54) is 19.3 Å². The summed E-state index contributed by atoms with van der Waals surface area (Å²) in [6.07, 6.45) is 6.89. The molecule has 0 heterocycles. The van der Waals surface area contributed by atoms with E-state index in [2.05, 4.69) is 6.92 Å². The zero-order valence-electron chi connectivity index (χ0n) is 13.3. The second-order valence-corrected chi connectivity index (χ2v) is 6.24. The summed E-state index contributed by atoms with van der Waals surface area (Å²) in [5.74, 6) is 1.01. The van der Waals surface area contributed by atoms with Crippen molar-refractivity contribution in [2.24, 2.45) is 11.7 Å². The molecule has 2 N–H and O–H groups in total. The molecule has 1 fully saturated rings. The highest BCUT2D eigenvalue weighted by Crippen LogP contribution is 2.29. The van der Waals surface area contributed by atoms with Crippen LogP contribution in [0.4, 0.5) is 0 Å². The lowest BCUT2D eigenvalue weighted by Gasteiger charge is -2.34. The summed E-state index contributed by atoms with van der Waals surface area (Å²) in [6.45, 7) is 2.89. The molecular weight excluding hydrogens is 260 g/mol. The summed E-state index contributed by atoms with van der Waals surface area (Å²) in [5.41, 5.74) is 7.53. The van der Waals surface area contributed by atoms with Crippen LogP contribution in [0.25, 0.3) is 0 Å². The van der Waals surface area contributed by atoms with Gasteiger partial charge in [-0.2, -0.15) is 0 Å². The van der Waals surface area contributed by atoms with E-state index in [0.717, 1.165) is 36.3 Å². The molecule has 0 unspecified atom stereocenters. The number of rotatable bonds is 5. The molecule has 1 amide bonds. The van der Waals surface area contributed by atoms with Gasteiger partial charge >= 0.3 is 0 Å². The van der Waals surface area contributed by atoms with Gasteiger partial charge in [-0.3, -0.25) is 4.79 Å². The number of nitrogens with two attached hydrogens (primary N) is 1. The van der Waals surface area contributed by atoms with Crippen LogP contribution in [-0.2, 0) is 6.42 Å². The molecule has 1 saturated carbocycles. The first-order chi connectivity index (χ1) is 10.2. The lowest BCUT2D eigenvalue weighted by molar-refractivity contribution is 0.0674. The first kappa shape index (κ1) is 16.0. The molecule has 3 heteroatoms. The van der Waals surface area contributed by atoms with Gasteiger partial charge in [0.25, 0.3) is 5.91 Å². The maximum atomic E-state index is 12.6. The summed E-state index contributed by atoms with van der Waals surface area (Å²) >= 11 is 0. The number of amides is 1. The van der Waals surface area contributed by atoms with Crippen molar-refractivity contribution < 1.29 is 4.79 Å². The van der Waals surface area contributed by atoms with Crippen LogP contribution in [0, 0.1) is 5.92 Å². The number of carbonyl (C=O) groups excluding carboxylic acids is 1. The van der Waals surface area contributed by atoms with Crippen LogP contribution in [0.3, 0.4) is 0 Å². The number of benzene rings is 1. The van der Waals surface area contributed by atoms with Crippen LogP contribution in [-0.4, -0.2) is 30.4 Å². The molecule has 0 aromatic heterocycles. The molecule has 0 aliphatic heterocycles. The summed E-state index contributed by atoms with van der Waals surface area (Å²) in [5, 5.41) is 0. The largest absolute Gasteiger partial charge is 0.339 e. The average molecular weight is 288 g/mol. The van der Waals surface area contributed by atoms with E-state index in [1.54, 1.807) is 0 Å². The molecule has 1 aliphatic carbocycles. The van der Waals surface area contributed by atoms with Gasteiger partial charge in [-0.05, 0) is 62.3 Å². The fourth-order valence-corrected chi connectivity index (χ4v) is 3.34. The quantitative estimate of drug-likeness (QED) is 0.904. The summed E-state index contributed by atoms with van der Waals surface area (Å²) in [6, 6.07) is 8.30. The summed E-state index contributed by atoms with van der Waals surface area (Å²) < 4.78 is 0. The monoisotopic (exact) mass is 288 g/mol. The van der Waals surface area contributed by atoms with Crippen LogP contribution in [0.2, 0.25) is 0 Å². The molecule has 0 spiro atoms. The topological polar surface area (TPSA) is 46.3 Å². The third-order valence-electron chi connectivity index (χ3n) is 4.87. The van der Waals surface area contributed by atoms with E-state index in [0.29, 0.717) is 12.6 Å². The number of nitrogens with zero attached hydrogens (tertiary/aromatic N) is 1. The van der Waals surface area contributed by atoms with Crippen molar-refractivity contribution in [1.82, 2.24) is 4.90 Å². The second-order valence-electron chi connectivity index (χ2n) is 6.24. The molecule has 3 nitrogen and oxygen atoms in total. The van der Waals surface area contributed by atoms with E-state index in [-0.39, 0.29) is 5.91 Å². The Morgan fingerprint density at radius 1 is 1.29 bits per heavy atom. The van der Waals surface area contributed by atoms with Gasteiger partial charge in [0.15, 0.2) is 0 Å². The number of carbonyl (C=O) groups is 1. The Morgan fingerprint density at radius 3 is 2.62 bits per heavy atom. The van der Waals surface area contributed by atoms with Gasteiger partial charge in [0, 0.05) is 18.7 Å². The van der Waals surface area contributed by atoms with E-state index in [1.807, 2.05) is 36.2 Å². The number of hydrogen-bond donors (Lipinski definition) is 1. The Labute approximate surface area is 128 Å². The van der Waals surface area contributed by atoms with Crippen molar-refractivity contribution in [1.29, 1.82) is 0 Å². The maximum absolute atomic E-state index is 12.6. The minimum Gasteiger partial charge on any atom is -0.339 e. The molecule has 0 atom stereocenters. The molecule has 0 bridgehead atoms. The lowest BCUT2D eigenvalue weighted by Crippen LogP contribution is -2.39. The Hall–Kier alpha value is -1.35. The Kier molecular flexibility index (Phi) is 5.80. The van der Waals surface area contributed by atoms with Gasteiger partial charge in [-0.25, -0.2) is 0 Å². The van der Waals surface area contributed by atoms with Crippen LogP contribution in [0.5, 0.6) is 0 Å². The number of hydrogen-bond acceptors (Lipinski definition) is 2. The zero-order valence-corrected chi connectivity index (χ0v) is 13.3. The zero-order chi connectivity index (χ0) is 15.2. The van der Waals surface area contributed by atoms with Crippen molar-refractivity contribution in [3.05, 3.63) is 35.4 Å². The Morgan fingerprint density at radius 2 is 2.00 bits per heavy atom. The van der Waals surface area contributed by atoms with Gasteiger partial charge in [0.1, 0.15) is 0 Å². The van der Waals surface area contributed by atoms with Crippen molar-refractivity contribution in [3.63, 3.8) is 0 Å². The fourth-order valence-electron chi connectivity index (χ4n) is 3.34. The highest BCUT2D eigenvalue weighted by atomic mass is 16.2. The highest BCUT2D eigenvalue weighted by molar-refractivity contribution is 5.94. The minimum absolute atomic E-state index is 0.147. The van der Waals surface area contributed by atoms with Crippen molar-refractivity contribution >= 4 is 5.91 Å². The van der Waals surface area contributed by atoms with Crippen LogP contribution >= 0.6 is 0 Å². The first-order valence-electron chi connectivity index (χ1n) is 8.21. The molecular formula is C18H28N2O.